The van der Waals surface area contributed by atoms with E-state index in [-0.39, 0.29) is 29.6 Å². The van der Waals surface area contributed by atoms with Gasteiger partial charge in [0, 0.05) is 35.2 Å². The molecule has 0 heterocycles. The van der Waals surface area contributed by atoms with Crippen LogP contribution in [-0.4, -0.2) is 38.0 Å². The molecular formula is C7H6N2NaO2S. The van der Waals surface area contributed by atoms with Gasteiger partial charge in [-0.2, -0.15) is 5.26 Å². The van der Waals surface area contributed by atoms with Gasteiger partial charge < -0.3 is 0 Å². The topological polar surface area (TPSA) is 70.0 Å². The van der Waals surface area contributed by atoms with Crippen LogP contribution >= 0.6 is 0 Å². The molecule has 0 amide bonds. The number of rotatable bonds is 2. The van der Waals surface area contributed by atoms with E-state index < -0.39 is 10.9 Å². The second-order valence-corrected chi connectivity index (χ2v) is 2.80. The van der Waals surface area contributed by atoms with Crippen molar-refractivity contribution in [3.8, 4) is 6.07 Å². The van der Waals surface area contributed by atoms with E-state index in [2.05, 4.69) is 4.72 Å². The fraction of sp³-hybridized carbons (Fsp3) is 0. The maximum absolute atomic E-state index is 10.2. The molecule has 1 aromatic rings. The third kappa shape index (κ3) is 4.29. The molecule has 0 spiro atoms. The summed E-state index contributed by atoms with van der Waals surface area (Å²) in [6, 6.07) is 8.08. The number of thiol groups is 1. The molecule has 0 atom stereocenters. The Balaban J connectivity index is 0.00000144. The Kier molecular flexibility index (Phi) is 5.75. The summed E-state index contributed by atoms with van der Waals surface area (Å²) >= 11 is 0. The molecule has 1 N–H and O–H groups in total. The van der Waals surface area contributed by atoms with E-state index in [0.29, 0.717) is 11.3 Å². The maximum Gasteiger partial charge on any atom is 0.222 e. The zero-order valence-corrected chi connectivity index (χ0v) is 9.91. The molecule has 0 saturated carbocycles. The summed E-state index contributed by atoms with van der Waals surface area (Å²) in [6.07, 6.45) is 0. The van der Waals surface area contributed by atoms with Crippen molar-refractivity contribution >= 4 is 46.1 Å². The number of hydrogen-bond donors (Lipinski definition) is 2. The molecule has 0 aromatic heterocycles. The van der Waals surface area contributed by atoms with Crippen LogP contribution in [0.3, 0.4) is 0 Å². The smallest absolute Gasteiger partial charge is 0.222 e. The number of nitrogens with zero attached hydrogens (tertiary/aromatic N) is 1. The average molecular weight is 205 g/mol. The molecule has 1 rings (SSSR count). The van der Waals surface area contributed by atoms with Crippen molar-refractivity contribution in [3.05, 3.63) is 29.8 Å². The monoisotopic (exact) mass is 205 g/mol. The largest absolute Gasteiger partial charge is 0.286 e. The molecular weight excluding hydrogens is 199 g/mol. The molecule has 6 heteroatoms. The predicted octanol–water partition coefficient (Wildman–Crippen LogP) is 0.116. The Morgan fingerprint density at radius 3 is 2.15 bits per heavy atom. The first-order valence-corrected chi connectivity index (χ1v) is 4.31. The molecule has 1 radical (unpaired) electrons. The van der Waals surface area contributed by atoms with E-state index in [1.54, 1.807) is 12.1 Å². The van der Waals surface area contributed by atoms with E-state index >= 15 is 0 Å². The summed E-state index contributed by atoms with van der Waals surface area (Å²) in [5.74, 6) is 0. The Bertz CT molecular complexity index is 372. The zero-order valence-electron chi connectivity index (χ0n) is 7.02. The quantitative estimate of drug-likeness (QED) is 0.532. The summed E-state index contributed by atoms with van der Waals surface area (Å²) in [5.41, 5.74) is 0.965. The second-order valence-electron chi connectivity index (χ2n) is 2.06. The molecule has 0 aliphatic carbocycles. The van der Waals surface area contributed by atoms with Gasteiger partial charge in [-0.1, -0.05) is 0 Å². The van der Waals surface area contributed by atoms with Crippen LogP contribution in [0.5, 0.6) is 0 Å². The van der Waals surface area contributed by atoms with Crippen molar-refractivity contribution in [2.75, 3.05) is 4.72 Å². The number of nitriles is 1. The first-order chi connectivity index (χ1) is 5.72. The normalized spacial score (nSPS) is 8.62. The molecule has 0 bridgehead atoms. The maximum atomic E-state index is 10.2. The summed E-state index contributed by atoms with van der Waals surface area (Å²) in [4.78, 5) is 0. The van der Waals surface area contributed by atoms with Crippen molar-refractivity contribution in [2.45, 2.75) is 0 Å². The molecule has 0 aliphatic heterocycles. The molecule has 0 fully saturated rings. The summed E-state index contributed by atoms with van der Waals surface area (Å²) < 4.78 is 22.6. The molecule has 0 unspecified atom stereocenters. The average Bonchev–Trinajstić information content (AvgIpc) is 2.05. The van der Waals surface area contributed by atoms with E-state index in [1.165, 1.54) is 12.1 Å². The predicted molar refractivity (Wildman–Crippen MR) is 50.8 cm³/mol. The van der Waals surface area contributed by atoms with Crippen LogP contribution in [0.25, 0.3) is 0 Å². The SMILES string of the molecule is N#Cc1ccc(N[SH](=O)=O)cc1.[Na]. The molecule has 63 valence electrons. The molecule has 4 nitrogen and oxygen atoms in total. The first-order valence-electron chi connectivity index (χ1n) is 3.13. The summed E-state index contributed by atoms with van der Waals surface area (Å²) in [6.45, 7) is 0. The second kappa shape index (κ2) is 6.00. The van der Waals surface area contributed by atoms with Crippen molar-refractivity contribution in [2.24, 2.45) is 0 Å². The Morgan fingerprint density at radius 2 is 1.77 bits per heavy atom. The van der Waals surface area contributed by atoms with Crippen LogP contribution in [0.2, 0.25) is 0 Å². The first kappa shape index (κ1) is 12.5. The molecule has 1 aromatic carbocycles. The Morgan fingerprint density at radius 1 is 1.23 bits per heavy atom. The molecule has 0 saturated heterocycles. The van der Waals surface area contributed by atoms with Gasteiger partial charge in [-0.05, 0) is 24.3 Å². The van der Waals surface area contributed by atoms with Crippen molar-refractivity contribution < 1.29 is 8.42 Å². The van der Waals surface area contributed by atoms with E-state index in [1.807, 2.05) is 6.07 Å². The van der Waals surface area contributed by atoms with Crippen LogP contribution in [0.15, 0.2) is 24.3 Å². The number of anilines is 1. The van der Waals surface area contributed by atoms with Gasteiger partial charge in [-0.15, -0.1) is 0 Å². The molecule has 13 heavy (non-hydrogen) atoms. The van der Waals surface area contributed by atoms with Crippen LogP contribution in [0.1, 0.15) is 5.56 Å². The van der Waals surface area contributed by atoms with E-state index in [9.17, 15) is 8.42 Å². The Labute approximate surface area is 99.9 Å². The summed E-state index contributed by atoms with van der Waals surface area (Å²) in [5, 5.41) is 8.42. The third-order valence-electron chi connectivity index (χ3n) is 1.23. The van der Waals surface area contributed by atoms with Gasteiger partial charge in [0.05, 0.1) is 11.6 Å². The number of hydrogen-bond acceptors (Lipinski definition) is 3. The van der Waals surface area contributed by atoms with Crippen LogP contribution < -0.4 is 4.72 Å². The van der Waals surface area contributed by atoms with Crippen molar-refractivity contribution in [1.29, 1.82) is 5.26 Å². The summed E-state index contributed by atoms with van der Waals surface area (Å²) in [7, 11) is -2.62. The minimum Gasteiger partial charge on any atom is -0.286 e. The van der Waals surface area contributed by atoms with E-state index in [0.717, 1.165) is 0 Å². The standard InChI is InChI=1S/C7H6N2O2S.Na/c8-5-6-1-3-7(4-2-6)9-12(10)11;/h1-4,12H,(H,9,10,11);. The minimum atomic E-state index is -2.62. The number of benzene rings is 1. The fourth-order valence-corrected chi connectivity index (χ4v) is 1.08. The fourth-order valence-electron chi connectivity index (χ4n) is 0.725. The van der Waals surface area contributed by atoms with Gasteiger partial charge in [0.15, 0.2) is 0 Å². The van der Waals surface area contributed by atoms with Gasteiger partial charge in [0.2, 0.25) is 10.9 Å². The van der Waals surface area contributed by atoms with Gasteiger partial charge in [0.1, 0.15) is 0 Å². The number of nitrogens with one attached hydrogen (secondary N) is 1. The third-order valence-corrected chi connectivity index (χ3v) is 1.68. The van der Waals surface area contributed by atoms with Gasteiger partial charge in [-0.25, -0.2) is 8.42 Å². The minimum absolute atomic E-state index is 0. The van der Waals surface area contributed by atoms with Gasteiger partial charge in [0.25, 0.3) is 0 Å². The van der Waals surface area contributed by atoms with Crippen molar-refractivity contribution in [3.63, 3.8) is 0 Å². The van der Waals surface area contributed by atoms with Crippen molar-refractivity contribution in [1.82, 2.24) is 0 Å². The molecule has 0 aliphatic rings. The Hall–Kier alpha value is -0.540. The van der Waals surface area contributed by atoms with Crippen LogP contribution in [0.4, 0.5) is 5.69 Å². The van der Waals surface area contributed by atoms with Crippen LogP contribution in [-0.2, 0) is 10.9 Å². The van der Waals surface area contributed by atoms with Crippen LogP contribution in [0, 0.1) is 11.3 Å². The van der Waals surface area contributed by atoms with Gasteiger partial charge in [-0.3, -0.25) is 4.72 Å². The van der Waals surface area contributed by atoms with E-state index in [4.69, 9.17) is 5.26 Å². The van der Waals surface area contributed by atoms with Gasteiger partial charge >= 0.3 is 0 Å². The zero-order chi connectivity index (χ0) is 8.97.